The predicted octanol–water partition coefficient (Wildman–Crippen LogP) is 3.21. The molecule has 1 aromatic carbocycles. The van der Waals surface area contributed by atoms with Crippen LogP contribution in [0.4, 0.5) is 0 Å². The van der Waals surface area contributed by atoms with Crippen molar-refractivity contribution in [3.8, 4) is 0 Å². The van der Waals surface area contributed by atoms with Crippen molar-refractivity contribution < 1.29 is 0 Å². The molecule has 0 spiro atoms. The lowest BCUT2D eigenvalue weighted by Crippen LogP contribution is -1.80. The van der Waals surface area contributed by atoms with Gasteiger partial charge < -0.3 is 0 Å². The molecule has 0 heterocycles. The normalized spacial score (nSPS) is 9.55. The van der Waals surface area contributed by atoms with Crippen LogP contribution in [0.5, 0.6) is 0 Å². The van der Waals surface area contributed by atoms with Crippen LogP contribution in [-0.2, 0) is 0 Å². The highest BCUT2D eigenvalue weighted by atomic mass is 14.0. The van der Waals surface area contributed by atoms with Crippen molar-refractivity contribution >= 4 is 0 Å². The maximum absolute atomic E-state index is 3.84. The Bertz CT molecular complexity index is 221. The van der Waals surface area contributed by atoms with Gasteiger partial charge in [-0.1, -0.05) is 35.9 Å². The SMILES string of the molecule is C=C(C)C[CH]c1ccccc1. The summed E-state index contributed by atoms with van der Waals surface area (Å²) in [5.74, 6) is 0. The Kier molecular flexibility index (Phi) is 2.91. The highest BCUT2D eigenvalue weighted by Crippen LogP contribution is 2.08. The maximum atomic E-state index is 3.84. The molecule has 0 atom stereocenters. The van der Waals surface area contributed by atoms with Gasteiger partial charge in [-0.15, -0.1) is 6.58 Å². The zero-order chi connectivity index (χ0) is 8.10. The smallest absolute Gasteiger partial charge is 0.00530 e. The Hall–Kier alpha value is -1.04. The molecular formula is C11H13. The van der Waals surface area contributed by atoms with Gasteiger partial charge in [-0.3, -0.25) is 0 Å². The van der Waals surface area contributed by atoms with E-state index in [1.165, 1.54) is 11.1 Å². The largest absolute Gasteiger partial charge is 0.100 e. The Morgan fingerprint density at radius 1 is 1.36 bits per heavy atom. The molecule has 57 valence electrons. The summed E-state index contributed by atoms with van der Waals surface area (Å²) in [7, 11) is 0. The molecule has 0 unspecified atom stereocenters. The van der Waals surface area contributed by atoms with Crippen LogP contribution in [0, 0.1) is 6.42 Å². The van der Waals surface area contributed by atoms with Crippen LogP contribution >= 0.6 is 0 Å². The Morgan fingerprint density at radius 2 is 2.00 bits per heavy atom. The van der Waals surface area contributed by atoms with Crippen molar-refractivity contribution in [3.63, 3.8) is 0 Å². The number of benzene rings is 1. The Labute approximate surface area is 68.6 Å². The Morgan fingerprint density at radius 3 is 2.55 bits per heavy atom. The van der Waals surface area contributed by atoms with Gasteiger partial charge in [-0.05, 0) is 25.3 Å². The summed E-state index contributed by atoms with van der Waals surface area (Å²) >= 11 is 0. The second-order valence-corrected chi connectivity index (χ2v) is 2.78. The monoisotopic (exact) mass is 145 g/mol. The first-order valence-electron chi connectivity index (χ1n) is 3.81. The van der Waals surface area contributed by atoms with E-state index in [9.17, 15) is 0 Å². The number of hydrogen-bond acceptors (Lipinski definition) is 0. The van der Waals surface area contributed by atoms with Crippen molar-refractivity contribution in [2.45, 2.75) is 13.3 Å². The maximum Gasteiger partial charge on any atom is -0.00530 e. The minimum absolute atomic E-state index is 0.976. The molecule has 0 saturated heterocycles. The standard InChI is InChI=1S/C11H13/c1-10(2)8-9-11-6-4-3-5-7-11/h3-7,9H,1,8H2,2H3. The molecule has 0 N–H and O–H groups in total. The summed E-state index contributed by atoms with van der Waals surface area (Å²) in [4.78, 5) is 0. The molecule has 0 nitrogen and oxygen atoms in total. The van der Waals surface area contributed by atoms with Gasteiger partial charge in [-0.2, -0.15) is 0 Å². The first-order chi connectivity index (χ1) is 5.29. The molecule has 0 heteroatoms. The third-order valence-corrected chi connectivity index (χ3v) is 1.49. The van der Waals surface area contributed by atoms with Gasteiger partial charge in [0.25, 0.3) is 0 Å². The summed E-state index contributed by atoms with van der Waals surface area (Å²) in [6.45, 7) is 5.88. The van der Waals surface area contributed by atoms with Crippen molar-refractivity contribution in [1.82, 2.24) is 0 Å². The first-order valence-corrected chi connectivity index (χ1v) is 3.81. The van der Waals surface area contributed by atoms with Gasteiger partial charge >= 0.3 is 0 Å². The fourth-order valence-electron chi connectivity index (χ4n) is 0.881. The third kappa shape index (κ3) is 3.03. The molecule has 0 fully saturated rings. The van der Waals surface area contributed by atoms with Crippen molar-refractivity contribution in [3.05, 3.63) is 54.5 Å². The third-order valence-electron chi connectivity index (χ3n) is 1.49. The van der Waals surface area contributed by atoms with E-state index in [0.717, 1.165) is 6.42 Å². The zero-order valence-electron chi connectivity index (χ0n) is 6.88. The lowest BCUT2D eigenvalue weighted by molar-refractivity contribution is 1.14. The van der Waals surface area contributed by atoms with Crippen LogP contribution in [0.2, 0.25) is 0 Å². The molecule has 1 radical (unpaired) electrons. The Balaban J connectivity index is 2.45. The molecule has 0 saturated carbocycles. The lowest BCUT2D eigenvalue weighted by atomic mass is 10.1. The van der Waals surface area contributed by atoms with Gasteiger partial charge in [0, 0.05) is 0 Å². The van der Waals surface area contributed by atoms with Crippen LogP contribution in [0.1, 0.15) is 18.9 Å². The van der Waals surface area contributed by atoms with E-state index in [-0.39, 0.29) is 0 Å². The van der Waals surface area contributed by atoms with Gasteiger partial charge in [-0.25, -0.2) is 0 Å². The molecule has 0 bridgehead atoms. The topological polar surface area (TPSA) is 0 Å². The minimum atomic E-state index is 0.976. The molecule has 1 rings (SSSR count). The van der Waals surface area contributed by atoms with Gasteiger partial charge in [0.1, 0.15) is 0 Å². The summed E-state index contributed by atoms with van der Waals surface area (Å²) in [5, 5.41) is 0. The van der Waals surface area contributed by atoms with Crippen LogP contribution in [0.3, 0.4) is 0 Å². The van der Waals surface area contributed by atoms with Crippen LogP contribution in [-0.4, -0.2) is 0 Å². The number of hydrogen-bond donors (Lipinski definition) is 0. The molecule has 0 aliphatic carbocycles. The summed E-state index contributed by atoms with van der Waals surface area (Å²) < 4.78 is 0. The van der Waals surface area contributed by atoms with Crippen LogP contribution in [0.15, 0.2) is 42.5 Å². The van der Waals surface area contributed by atoms with Crippen LogP contribution < -0.4 is 0 Å². The van der Waals surface area contributed by atoms with Gasteiger partial charge in [0.15, 0.2) is 0 Å². The summed E-state index contributed by atoms with van der Waals surface area (Å²) in [6, 6.07) is 10.3. The van der Waals surface area contributed by atoms with Gasteiger partial charge in [0.2, 0.25) is 0 Å². The summed E-state index contributed by atoms with van der Waals surface area (Å²) in [6.07, 6.45) is 3.16. The summed E-state index contributed by atoms with van der Waals surface area (Å²) in [5.41, 5.74) is 2.48. The van der Waals surface area contributed by atoms with Crippen molar-refractivity contribution in [2.75, 3.05) is 0 Å². The fraction of sp³-hybridized carbons (Fsp3) is 0.182. The molecule has 0 aromatic heterocycles. The van der Waals surface area contributed by atoms with Crippen molar-refractivity contribution in [1.29, 1.82) is 0 Å². The zero-order valence-corrected chi connectivity index (χ0v) is 6.88. The van der Waals surface area contributed by atoms with E-state index in [1.807, 2.05) is 25.1 Å². The van der Waals surface area contributed by atoms with E-state index in [2.05, 4.69) is 25.1 Å². The van der Waals surface area contributed by atoms with Crippen molar-refractivity contribution in [2.24, 2.45) is 0 Å². The molecule has 0 aliphatic heterocycles. The minimum Gasteiger partial charge on any atom is -0.100 e. The second kappa shape index (κ2) is 3.97. The number of rotatable bonds is 3. The highest BCUT2D eigenvalue weighted by molar-refractivity contribution is 5.23. The quantitative estimate of drug-likeness (QED) is 0.573. The second-order valence-electron chi connectivity index (χ2n) is 2.78. The molecule has 1 aromatic rings. The van der Waals surface area contributed by atoms with E-state index < -0.39 is 0 Å². The highest BCUT2D eigenvalue weighted by Gasteiger charge is 1.90. The van der Waals surface area contributed by atoms with E-state index in [1.54, 1.807) is 0 Å². The lowest BCUT2D eigenvalue weighted by Gasteiger charge is -1.98. The molecule has 11 heavy (non-hydrogen) atoms. The van der Waals surface area contributed by atoms with E-state index in [4.69, 9.17) is 0 Å². The van der Waals surface area contributed by atoms with Gasteiger partial charge in [0.05, 0.1) is 0 Å². The number of allylic oxidation sites excluding steroid dienone is 1. The fourth-order valence-corrected chi connectivity index (χ4v) is 0.881. The predicted molar refractivity (Wildman–Crippen MR) is 49.3 cm³/mol. The van der Waals surface area contributed by atoms with Crippen LogP contribution in [0.25, 0.3) is 0 Å². The van der Waals surface area contributed by atoms with E-state index in [0.29, 0.717) is 0 Å². The molecule has 0 aliphatic rings. The average molecular weight is 145 g/mol. The van der Waals surface area contributed by atoms with E-state index >= 15 is 0 Å². The molecule has 0 amide bonds. The average Bonchev–Trinajstić information content (AvgIpc) is 2.03. The first kappa shape index (κ1) is 8.06. The molecular weight excluding hydrogens is 132 g/mol.